The summed E-state index contributed by atoms with van der Waals surface area (Å²) in [5.41, 5.74) is -0.552. The zero-order valence-electron chi connectivity index (χ0n) is 10.1. The molecule has 6 nitrogen and oxygen atoms in total. The van der Waals surface area contributed by atoms with Gasteiger partial charge in [-0.3, -0.25) is 0 Å². The summed E-state index contributed by atoms with van der Waals surface area (Å²) in [4.78, 5) is 21.7. The first-order valence-electron chi connectivity index (χ1n) is 5.34. The van der Waals surface area contributed by atoms with Crippen molar-refractivity contribution in [2.24, 2.45) is 0 Å². The third-order valence-electron chi connectivity index (χ3n) is 2.00. The van der Waals surface area contributed by atoms with Crippen molar-refractivity contribution in [3.8, 4) is 0 Å². The number of nitrogens with one attached hydrogen (secondary N) is 1. The molecule has 0 heterocycles. The average Bonchev–Trinajstić information content (AvgIpc) is 2.46. The van der Waals surface area contributed by atoms with Crippen molar-refractivity contribution in [3.05, 3.63) is 12.2 Å². The third-order valence-corrected chi connectivity index (χ3v) is 2.00. The van der Waals surface area contributed by atoms with Crippen LogP contribution in [0.15, 0.2) is 12.2 Å². The van der Waals surface area contributed by atoms with Crippen LogP contribution in [0.2, 0.25) is 0 Å². The maximum Gasteiger partial charge on any atom is 0.506 e. The number of carboxylic acid groups (broad SMARTS) is 1. The molecule has 0 aliphatic heterocycles. The molecular weight excluding hydrogens is 226 g/mol. The van der Waals surface area contributed by atoms with E-state index in [0.29, 0.717) is 6.42 Å². The first-order valence-corrected chi connectivity index (χ1v) is 5.34. The summed E-state index contributed by atoms with van der Waals surface area (Å²) in [5.74, 6) is 0. The summed E-state index contributed by atoms with van der Waals surface area (Å²) in [6.45, 7) is 5.31. The smallest absolute Gasteiger partial charge is 0.450 e. The van der Waals surface area contributed by atoms with Gasteiger partial charge in [0, 0.05) is 6.42 Å². The van der Waals surface area contributed by atoms with E-state index in [1.807, 2.05) is 0 Å². The Hall–Kier alpha value is -1.72. The van der Waals surface area contributed by atoms with E-state index in [0.717, 1.165) is 0 Å². The highest BCUT2D eigenvalue weighted by Gasteiger charge is 2.25. The predicted octanol–water partition coefficient (Wildman–Crippen LogP) is 1.90. The minimum atomic E-state index is -1.32. The summed E-state index contributed by atoms with van der Waals surface area (Å²) >= 11 is 0. The van der Waals surface area contributed by atoms with Gasteiger partial charge in [0.2, 0.25) is 0 Å². The van der Waals surface area contributed by atoms with Crippen LogP contribution in [0, 0.1) is 0 Å². The molecule has 1 aliphatic rings. The normalized spacial score (nSPS) is 23.2. The lowest BCUT2D eigenvalue weighted by Gasteiger charge is -2.21. The van der Waals surface area contributed by atoms with Gasteiger partial charge in [-0.15, -0.1) is 0 Å². The Kier molecular flexibility index (Phi) is 3.98. The van der Waals surface area contributed by atoms with Crippen molar-refractivity contribution in [3.63, 3.8) is 0 Å². The third kappa shape index (κ3) is 5.24. The number of hydrogen-bond donors (Lipinski definition) is 2. The molecule has 1 rings (SSSR count). The summed E-state index contributed by atoms with van der Waals surface area (Å²) in [6.07, 6.45) is 1.34. The van der Waals surface area contributed by atoms with Gasteiger partial charge in [-0.25, -0.2) is 9.59 Å². The molecule has 0 bridgehead atoms. The zero-order valence-corrected chi connectivity index (χ0v) is 10.1. The lowest BCUT2D eigenvalue weighted by atomic mass is 10.2. The lowest BCUT2D eigenvalue weighted by molar-refractivity contribution is 0.0494. The Labute approximate surface area is 99.6 Å². The van der Waals surface area contributed by atoms with E-state index < -0.39 is 24.0 Å². The molecule has 0 spiro atoms. The molecule has 2 N–H and O–H groups in total. The van der Waals surface area contributed by atoms with Crippen LogP contribution in [0.1, 0.15) is 27.2 Å². The van der Waals surface area contributed by atoms with Crippen LogP contribution in [0.4, 0.5) is 9.59 Å². The molecule has 2 atom stereocenters. The second kappa shape index (κ2) is 5.07. The van der Waals surface area contributed by atoms with E-state index in [1.165, 1.54) is 0 Å². The van der Waals surface area contributed by atoms with Gasteiger partial charge in [-0.2, -0.15) is 0 Å². The minimum absolute atomic E-state index is 0.255. The highest BCUT2D eigenvalue weighted by molar-refractivity contribution is 5.68. The molecule has 2 unspecified atom stereocenters. The first kappa shape index (κ1) is 13.3. The van der Waals surface area contributed by atoms with Gasteiger partial charge in [0.25, 0.3) is 0 Å². The largest absolute Gasteiger partial charge is 0.506 e. The maximum atomic E-state index is 11.4. The molecule has 1 amide bonds. The molecule has 0 saturated heterocycles. The number of carbonyl (C=O) groups excluding carboxylic acids is 1. The van der Waals surface area contributed by atoms with Crippen LogP contribution in [0.3, 0.4) is 0 Å². The van der Waals surface area contributed by atoms with E-state index in [4.69, 9.17) is 9.84 Å². The van der Waals surface area contributed by atoms with Crippen molar-refractivity contribution >= 4 is 12.2 Å². The summed E-state index contributed by atoms with van der Waals surface area (Å²) < 4.78 is 9.64. The van der Waals surface area contributed by atoms with Gasteiger partial charge in [-0.1, -0.05) is 6.08 Å². The molecule has 0 fully saturated rings. The van der Waals surface area contributed by atoms with E-state index in [1.54, 1.807) is 32.9 Å². The first-order chi connectivity index (χ1) is 7.76. The fourth-order valence-electron chi connectivity index (χ4n) is 1.45. The topological polar surface area (TPSA) is 84.9 Å². The van der Waals surface area contributed by atoms with E-state index in [2.05, 4.69) is 10.1 Å². The average molecular weight is 243 g/mol. The summed E-state index contributed by atoms with van der Waals surface area (Å²) in [5, 5.41) is 11.0. The van der Waals surface area contributed by atoms with Crippen molar-refractivity contribution in [2.45, 2.75) is 44.9 Å². The predicted molar refractivity (Wildman–Crippen MR) is 59.8 cm³/mol. The van der Waals surface area contributed by atoms with Crippen molar-refractivity contribution in [1.29, 1.82) is 0 Å². The maximum absolute atomic E-state index is 11.4. The Bertz CT molecular complexity index is 331. The molecule has 1 aliphatic carbocycles. The fraction of sp³-hybridized carbons (Fsp3) is 0.636. The molecule has 0 aromatic rings. The molecule has 17 heavy (non-hydrogen) atoms. The standard InChI is InChI=1S/C11H17NO5/c1-11(2,3)17-9(13)12-7-4-5-8(6-7)16-10(14)15/h4-5,7-8H,6H2,1-3H3,(H,12,13)(H,14,15). The summed E-state index contributed by atoms with van der Waals surface area (Å²) in [6, 6.07) is -0.255. The van der Waals surface area contributed by atoms with Crippen LogP contribution in [-0.4, -0.2) is 35.1 Å². The van der Waals surface area contributed by atoms with Crippen LogP contribution in [0.5, 0.6) is 0 Å². The zero-order chi connectivity index (χ0) is 13.1. The Morgan fingerprint density at radius 3 is 2.53 bits per heavy atom. The van der Waals surface area contributed by atoms with E-state index in [-0.39, 0.29) is 6.04 Å². The van der Waals surface area contributed by atoms with Crippen molar-refractivity contribution < 1.29 is 24.2 Å². The van der Waals surface area contributed by atoms with Gasteiger partial charge in [0.15, 0.2) is 0 Å². The van der Waals surface area contributed by atoms with Crippen LogP contribution in [-0.2, 0) is 9.47 Å². The second-order valence-electron chi connectivity index (χ2n) is 4.80. The van der Waals surface area contributed by atoms with Gasteiger partial charge in [0.1, 0.15) is 11.7 Å². The van der Waals surface area contributed by atoms with Crippen LogP contribution >= 0.6 is 0 Å². The van der Waals surface area contributed by atoms with Crippen LogP contribution < -0.4 is 5.32 Å². The summed E-state index contributed by atoms with van der Waals surface area (Å²) in [7, 11) is 0. The van der Waals surface area contributed by atoms with Gasteiger partial charge >= 0.3 is 12.2 Å². The number of alkyl carbamates (subject to hydrolysis) is 1. The molecule has 0 radical (unpaired) electrons. The molecular formula is C11H17NO5. The minimum Gasteiger partial charge on any atom is -0.450 e. The Morgan fingerprint density at radius 2 is 2.00 bits per heavy atom. The van der Waals surface area contributed by atoms with E-state index >= 15 is 0 Å². The highest BCUT2D eigenvalue weighted by atomic mass is 16.7. The molecule has 0 aromatic heterocycles. The monoisotopic (exact) mass is 243 g/mol. The lowest BCUT2D eigenvalue weighted by Crippen LogP contribution is -2.38. The second-order valence-corrected chi connectivity index (χ2v) is 4.80. The Balaban J connectivity index is 2.34. The number of hydrogen-bond acceptors (Lipinski definition) is 4. The van der Waals surface area contributed by atoms with Crippen molar-refractivity contribution in [1.82, 2.24) is 5.32 Å². The Morgan fingerprint density at radius 1 is 1.35 bits per heavy atom. The molecule has 6 heteroatoms. The highest BCUT2D eigenvalue weighted by Crippen LogP contribution is 2.15. The van der Waals surface area contributed by atoms with Gasteiger partial charge < -0.3 is 19.9 Å². The molecule has 0 aromatic carbocycles. The number of rotatable bonds is 2. The quantitative estimate of drug-likeness (QED) is 0.571. The van der Waals surface area contributed by atoms with Gasteiger partial charge in [0.05, 0.1) is 6.04 Å². The molecule has 96 valence electrons. The van der Waals surface area contributed by atoms with Crippen molar-refractivity contribution in [2.75, 3.05) is 0 Å². The number of ether oxygens (including phenoxy) is 2. The van der Waals surface area contributed by atoms with Crippen LogP contribution in [0.25, 0.3) is 0 Å². The van der Waals surface area contributed by atoms with E-state index in [9.17, 15) is 9.59 Å². The number of amides is 1. The number of carbonyl (C=O) groups is 2. The van der Waals surface area contributed by atoms with Gasteiger partial charge in [-0.05, 0) is 26.8 Å². The molecule has 0 saturated carbocycles. The SMILES string of the molecule is CC(C)(C)OC(=O)NC1C=CC(OC(=O)O)C1. The fourth-order valence-corrected chi connectivity index (χ4v) is 1.45.